The van der Waals surface area contributed by atoms with Crippen LogP contribution in [0.15, 0.2) is 53.0 Å². The minimum atomic E-state index is -0.297. The third-order valence-electron chi connectivity index (χ3n) is 2.86. The molecule has 0 saturated heterocycles. The molecule has 84 valence electrons. The highest BCUT2D eigenvalue weighted by molar-refractivity contribution is 9.10. The molecule has 0 radical (unpaired) electrons. The minimum Gasteiger partial charge on any atom is -0.449 e. The van der Waals surface area contributed by atoms with Crippen LogP contribution in [-0.4, -0.2) is 5.97 Å². The number of cyclic esters (lactones) is 1. The lowest BCUT2D eigenvalue weighted by molar-refractivity contribution is 0.0455. The highest BCUT2D eigenvalue weighted by atomic mass is 79.9. The number of carbonyl (C=O) groups is 1. The van der Waals surface area contributed by atoms with Crippen molar-refractivity contribution in [1.29, 1.82) is 0 Å². The lowest BCUT2D eigenvalue weighted by atomic mass is 9.99. The van der Waals surface area contributed by atoms with Crippen LogP contribution in [0.25, 0.3) is 0 Å². The molecule has 17 heavy (non-hydrogen) atoms. The molecule has 1 heterocycles. The van der Waals surface area contributed by atoms with E-state index >= 15 is 0 Å². The van der Waals surface area contributed by atoms with E-state index in [0.717, 1.165) is 15.6 Å². The molecule has 0 amide bonds. The molecule has 0 bridgehead atoms. The van der Waals surface area contributed by atoms with Crippen LogP contribution in [0.2, 0.25) is 0 Å². The number of fused-ring (bicyclic) bond motifs is 1. The van der Waals surface area contributed by atoms with Gasteiger partial charge in [0, 0.05) is 10.0 Å². The van der Waals surface area contributed by atoms with Gasteiger partial charge in [0.15, 0.2) is 6.10 Å². The first-order valence-electron chi connectivity index (χ1n) is 5.31. The van der Waals surface area contributed by atoms with Crippen molar-refractivity contribution in [3.05, 3.63) is 69.7 Å². The monoisotopic (exact) mass is 288 g/mol. The van der Waals surface area contributed by atoms with Crippen molar-refractivity contribution in [3.8, 4) is 0 Å². The third-order valence-corrected chi connectivity index (χ3v) is 3.55. The summed E-state index contributed by atoms with van der Waals surface area (Å²) >= 11 is 3.48. The van der Waals surface area contributed by atoms with Crippen molar-refractivity contribution in [2.24, 2.45) is 0 Å². The molecule has 0 spiro atoms. The summed E-state index contributed by atoms with van der Waals surface area (Å²) in [6.07, 6.45) is -0.297. The van der Waals surface area contributed by atoms with E-state index in [9.17, 15) is 4.79 Å². The Morgan fingerprint density at radius 1 is 1.00 bits per heavy atom. The van der Waals surface area contributed by atoms with Gasteiger partial charge in [-0.3, -0.25) is 0 Å². The van der Waals surface area contributed by atoms with E-state index in [1.165, 1.54) is 0 Å². The molecule has 0 aromatic heterocycles. The first-order valence-corrected chi connectivity index (χ1v) is 6.11. The van der Waals surface area contributed by atoms with Crippen LogP contribution in [0.4, 0.5) is 0 Å². The highest BCUT2D eigenvalue weighted by Crippen LogP contribution is 2.39. The van der Waals surface area contributed by atoms with E-state index in [0.29, 0.717) is 5.56 Å². The first-order chi connectivity index (χ1) is 8.27. The predicted octanol–water partition coefficient (Wildman–Crippen LogP) is 3.71. The molecular formula is C14H9BrO2. The van der Waals surface area contributed by atoms with Crippen LogP contribution in [0.5, 0.6) is 0 Å². The second-order valence-corrected chi connectivity index (χ2v) is 4.75. The Morgan fingerprint density at radius 3 is 2.53 bits per heavy atom. The van der Waals surface area contributed by atoms with Gasteiger partial charge in [-0.15, -0.1) is 0 Å². The smallest absolute Gasteiger partial charge is 0.339 e. The second-order valence-electron chi connectivity index (χ2n) is 3.90. The zero-order chi connectivity index (χ0) is 11.8. The SMILES string of the molecule is O=C1OC(c2ccccc2)c2c(Br)cccc21. The van der Waals surface area contributed by atoms with Crippen LogP contribution in [0.1, 0.15) is 27.6 Å². The van der Waals surface area contributed by atoms with E-state index < -0.39 is 0 Å². The quantitative estimate of drug-likeness (QED) is 0.748. The Labute approximate surface area is 107 Å². The van der Waals surface area contributed by atoms with Crippen LogP contribution < -0.4 is 0 Å². The maximum Gasteiger partial charge on any atom is 0.339 e. The zero-order valence-corrected chi connectivity index (χ0v) is 10.5. The Morgan fingerprint density at radius 2 is 1.76 bits per heavy atom. The molecule has 1 aliphatic rings. The number of rotatable bonds is 1. The zero-order valence-electron chi connectivity index (χ0n) is 8.89. The topological polar surface area (TPSA) is 26.3 Å². The number of carbonyl (C=O) groups excluding carboxylic acids is 1. The summed E-state index contributed by atoms with van der Waals surface area (Å²) in [5.74, 6) is -0.254. The van der Waals surface area contributed by atoms with Crippen LogP contribution in [0.3, 0.4) is 0 Å². The van der Waals surface area contributed by atoms with Gasteiger partial charge in [0.1, 0.15) is 0 Å². The number of esters is 1. The Bertz CT molecular complexity index is 578. The standard InChI is InChI=1S/C14H9BrO2/c15-11-8-4-7-10-12(11)13(17-14(10)16)9-5-2-1-3-6-9/h1-8,13H. The van der Waals surface area contributed by atoms with Gasteiger partial charge in [-0.25, -0.2) is 4.79 Å². The molecule has 0 fully saturated rings. The van der Waals surface area contributed by atoms with E-state index in [2.05, 4.69) is 15.9 Å². The molecule has 0 saturated carbocycles. The predicted molar refractivity (Wildman–Crippen MR) is 67.8 cm³/mol. The summed E-state index contributed by atoms with van der Waals surface area (Å²) in [5.41, 5.74) is 2.56. The molecule has 2 aromatic rings. The summed E-state index contributed by atoms with van der Waals surface area (Å²) in [4.78, 5) is 11.8. The summed E-state index contributed by atoms with van der Waals surface area (Å²) in [5, 5.41) is 0. The summed E-state index contributed by atoms with van der Waals surface area (Å²) < 4.78 is 6.34. The average molecular weight is 289 g/mol. The van der Waals surface area contributed by atoms with Crippen molar-refractivity contribution < 1.29 is 9.53 Å². The first kappa shape index (κ1) is 10.5. The molecule has 1 unspecified atom stereocenters. The second kappa shape index (κ2) is 4.00. The maximum atomic E-state index is 11.8. The van der Waals surface area contributed by atoms with Gasteiger partial charge in [0.25, 0.3) is 0 Å². The van der Waals surface area contributed by atoms with Gasteiger partial charge < -0.3 is 4.74 Å². The van der Waals surface area contributed by atoms with Crippen LogP contribution in [0, 0.1) is 0 Å². The van der Waals surface area contributed by atoms with Gasteiger partial charge >= 0.3 is 5.97 Å². The number of benzene rings is 2. The van der Waals surface area contributed by atoms with E-state index in [4.69, 9.17) is 4.74 Å². The third kappa shape index (κ3) is 1.67. The molecule has 2 aromatic carbocycles. The van der Waals surface area contributed by atoms with Crippen molar-refractivity contribution in [2.75, 3.05) is 0 Å². The van der Waals surface area contributed by atoms with Crippen molar-refractivity contribution in [2.45, 2.75) is 6.10 Å². The van der Waals surface area contributed by atoms with E-state index in [1.807, 2.05) is 42.5 Å². The largest absolute Gasteiger partial charge is 0.449 e. The Balaban J connectivity index is 2.16. The fourth-order valence-corrected chi connectivity index (χ4v) is 2.65. The van der Waals surface area contributed by atoms with Crippen LogP contribution >= 0.6 is 15.9 Å². The van der Waals surface area contributed by atoms with Crippen molar-refractivity contribution >= 4 is 21.9 Å². The molecule has 1 aliphatic heterocycles. The molecule has 0 aliphatic carbocycles. The number of hydrogen-bond donors (Lipinski definition) is 0. The molecule has 1 atom stereocenters. The Hall–Kier alpha value is -1.61. The molecule has 2 nitrogen and oxygen atoms in total. The fraction of sp³-hybridized carbons (Fsp3) is 0.0714. The lowest BCUT2D eigenvalue weighted by Gasteiger charge is -2.11. The van der Waals surface area contributed by atoms with Crippen molar-refractivity contribution in [1.82, 2.24) is 0 Å². The Kier molecular flexibility index (Phi) is 2.48. The average Bonchev–Trinajstić information content (AvgIpc) is 2.70. The van der Waals surface area contributed by atoms with Gasteiger partial charge in [-0.1, -0.05) is 52.3 Å². The summed E-state index contributed by atoms with van der Waals surface area (Å²) in [6.45, 7) is 0. The lowest BCUT2D eigenvalue weighted by Crippen LogP contribution is -2.00. The summed E-state index contributed by atoms with van der Waals surface area (Å²) in [6, 6.07) is 15.3. The highest BCUT2D eigenvalue weighted by Gasteiger charge is 2.33. The molecular weight excluding hydrogens is 280 g/mol. The maximum absolute atomic E-state index is 11.8. The van der Waals surface area contributed by atoms with Crippen molar-refractivity contribution in [3.63, 3.8) is 0 Å². The fourth-order valence-electron chi connectivity index (χ4n) is 2.07. The van der Waals surface area contributed by atoms with Gasteiger partial charge in [0.05, 0.1) is 5.56 Å². The minimum absolute atomic E-state index is 0.254. The number of hydrogen-bond acceptors (Lipinski definition) is 2. The molecule has 3 heteroatoms. The van der Waals surface area contributed by atoms with Crippen LogP contribution in [-0.2, 0) is 4.74 Å². The van der Waals surface area contributed by atoms with E-state index in [1.54, 1.807) is 6.07 Å². The van der Waals surface area contributed by atoms with E-state index in [-0.39, 0.29) is 12.1 Å². The summed E-state index contributed by atoms with van der Waals surface area (Å²) in [7, 11) is 0. The number of ether oxygens (including phenoxy) is 1. The number of halogens is 1. The molecule has 3 rings (SSSR count). The van der Waals surface area contributed by atoms with Gasteiger partial charge in [0.2, 0.25) is 0 Å². The normalized spacial score (nSPS) is 17.7. The molecule has 0 N–H and O–H groups in total. The van der Waals surface area contributed by atoms with Gasteiger partial charge in [-0.05, 0) is 17.7 Å². The van der Waals surface area contributed by atoms with Gasteiger partial charge in [-0.2, -0.15) is 0 Å².